The summed E-state index contributed by atoms with van der Waals surface area (Å²) < 4.78 is 10.7. The van der Waals surface area contributed by atoms with Crippen molar-refractivity contribution in [1.82, 2.24) is 10.2 Å². The van der Waals surface area contributed by atoms with Crippen LogP contribution in [0.25, 0.3) is 0 Å². The molecule has 6 nitrogen and oxygen atoms in total. The van der Waals surface area contributed by atoms with E-state index >= 15 is 0 Å². The molecule has 34 heavy (non-hydrogen) atoms. The van der Waals surface area contributed by atoms with Crippen LogP contribution in [0.5, 0.6) is 11.5 Å². The van der Waals surface area contributed by atoms with Gasteiger partial charge in [0, 0.05) is 19.0 Å². The van der Waals surface area contributed by atoms with E-state index in [9.17, 15) is 9.59 Å². The average molecular weight is 467 g/mol. The van der Waals surface area contributed by atoms with E-state index < -0.39 is 6.04 Å². The maximum Gasteiger partial charge on any atom is 0.243 e. The lowest BCUT2D eigenvalue weighted by Crippen LogP contribution is -2.51. The third-order valence-corrected chi connectivity index (χ3v) is 6.76. The molecule has 0 unspecified atom stereocenters. The minimum absolute atomic E-state index is 0.0218. The minimum Gasteiger partial charge on any atom is -0.493 e. The maximum atomic E-state index is 13.5. The monoisotopic (exact) mass is 466 g/mol. The molecule has 0 spiro atoms. The molecule has 1 atom stereocenters. The predicted octanol–water partition coefficient (Wildman–Crippen LogP) is 4.81. The van der Waals surface area contributed by atoms with Gasteiger partial charge in [0.25, 0.3) is 0 Å². The van der Waals surface area contributed by atoms with E-state index in [0.717, 1.165) is 42.4 Å². The fraction of sp³-hybridized carbons (Fsp3) is 0.500. The van der Waals surface area contributed by atoms with Gasteiger partial charge in [-0.05, 0) is 61.4 Å². The highest BCUT2D eigenvalue weighted by Gasteiger charge is 2.30. The fourth-order valence-electron chi connectivity index (χ4n) is 4.69. The first-order valence-electron chi connectivity index (χ1n) is 12.3. The van der Waals surface area contributed by atoms with Crippen molar-refractivity contribution in [3.8, 4) is 11.5 Å². The molecule has 184 valence electrons. The molecule has 2 amide bonds. The van der Waals surface area contributed by atoms with Crippen LogP contribution >= 0.6 is 0 Å². The molecule has 0 bridgehead atoms. The quantitative estimate of drug-likeness (QED) is 0.516. The van der Waals surface area contributed by atoms with Gasteiger partial charge >= 0.3 is 0 Å². The van der Waals surface area contributed by atoms with Crippen molar-refractivity contribution in [3.05, 3.63) is 59.2 Å². The summed E-state index contributed by atoms with van der Waals surface area (Å²) in [5.74, 6) is 1.24. The molecule has 1 fully saturated rings. The minimum atomic E-state index is -0.488. The first-order chi connectivity index (χ1) is 16.5. The second-order valence-corrected chi connectivity index (χ2v) is 9.05. The number of nitrogens with zero attached hydrogens (tertiary/aromatic N) is 1. The maximum absolute atomic E-state index is 13.5. The van der Waals surface area contributed by atoms with E-state index in [1.54, 1.807) is 19.1 Å². The molecule has 1 N–H and O–H groups in total. The van der Waals surface area contributed by atoms with Gasteiger partial charge in [-0.25, -0.2) is 0 Å². The van der Waals surface area contributed by atoms with Crippen molar-refractivity contribution in [2.45, 2.75) is 77.4 Å². The molecular formula is C28H38N2O4. The molecule has 0 radical (unpaired) electrons. The highest BCUT2D eigenvalue weighted by molar-refractivity contribution is 5.88. The zero-order valence-corrected chi connectivity index (χ0v) is 20.9. The Kier molecular flexibility index (Phi) is 9.37. The molecule has 0 aliphatic heterocycles. The second kappa shape index (κ2) is 12.4. The number of carbonyl (C=O) groups is 2. The number of nitrogens with one attached hydrogen (secondary N) is 1. The van der Waals surface area contributed by atoms with Crippen LogP contribution in [-0.2, 0) is 22.6 Å². The first-order valence-corrected chi connectivity index (χ1v) is 12.3. The summed E-state index contributed by atoms with van der Waals surface area (Å²) in [6.07, 6.45) is 5.80. The van der Waals surface area contributed by atoms with Gasteiger partial charge in [-0.3, -0.25) is 9.59 Å². The average Bonchev–Trinajstić information content (AvgIpc) is 3.36. The molecule has 0 aromatic heterocycles. The summed E-state index contributed by atoms with van der Waals surface area (Å²) in [5.41, 5.74) is 3.17. The number of rotatable bonds is 11. The summed E-state index contributed by atoms with van der Waals surface area (Å²) in [4.78, 5) is 28.6. The lowest BCUT2D eigenvalue weighted by molar-refractivity contribution is -0.141. The van der Waals surface area contributed by atoms with E-state index in [1.807, 2.05) is 56.3 Å². The van der Waals surface area contributed by atoms with Gasteiger partial charge in [-0.15, -0.1) is 0 Å². The van der Waals surface area contributed by atoms with Crippen molar-refractivity contribution in [3.63, 3.8) is 0 Å². The number of hydrogen-bond acceptors (Lipinski definition) is 4. The van der Waals surface area contributed by atoms with Crippen LogP contribution in [0.3, 0.4) is 0 Å². The Hall–Kier alpha value is -3.02. The summed E-state index contributed by atoms with van der Waals surface area (Å²) in [6, 6.07) is 13.5. The summed E-state index contributed by atoms with van der Waals surface area (Å²) in [6.45, 7) is 4.45. The summed E-state index contributed by atoms with van der Waals surface area (Å²) in [5, 5.41) is 3.20. The van der Waals surface area contributed by atoms with Crippen molar-refractivity contribution in [2.24, 2.45) is 0 Å². The Morgan fingerprint density at radius 1 is 1.06 bits per heavy atom. The largest absolute Gasteiger partial charge is 0.493 e. The first kappa shape index (κ1) is 25.6. The van der Waals surface area contributed by atoms with E-state index in [0.29, 0.717) is 37.3 Å². The SMILES string of the molecule is CC[C@@H](C(=O)NC1CCCC1)N(Cc1ccccc1C)C(=O)CCc1ccc(OC)c(OC)c1. The predicted molar refractivity (Wildman–Crippen MR) is 134 cm³/mol. The van der Waals surface area contributed by atoms with E-state index in [2.05, 4.69) is 5.32 Å². The van der Waals surface area contributed by atoms with Crippen LogP contribution in [0, 0.1) is 6.92 Å². The molecule has 6 heteroatoms. The zero-order valence-electron chi connectivity index (χ0n) is 20.9. The standard InChI is InChI=1S/C28H38N2O4/c1-5-24(28(32)29-23-12-8-9-13-23)30(19-22-11-7-6-10-20(22)2)27(31)17-15-21-14-16-25(33-3)26(18-21)34-4/h6-7,10-11,14,16,18,23-24H,5,8-9,12-13,15,17,19H2,1-4H3,(H,29,32)/t24-/m0/s1. The highest BCUT2D eigenvalue weighted by Crippen LogP contribution is 2.28. The van der Waals surface area contributed by atoms with E-state index in [-0.39, 0.29) is 17.9 Å². The van der Waals surface area contributed by atoms with Crippen LogP contribution in [0.4, 0.5) is 0 Å². The second-order valence-electron chi connectivity index (χ2n) is 9.05. The number of carbonyl (C=O) groups excluding carboxylic acids is 2. The van der Waals surface area contributed by atoms with Gasteiger partial charge in [0.15, 0.2) is 11.5 Å². The smallest absolute Gasteiger partial charge is 0.243 e. The Morgan fingerprint density at radius 3 is 2.41 bits per heavy atom. The molecule has 0 heterocycles. The molecule has 3 rings (SSSR count). The van der Waals surface area contributed by atoms with E-state index in [4.69, 9.17) is 9.47 Å². The molecule has 2 aromatic rings. The zero-order chi connectivity index (χ0) is 24.5. The van der Waals surface area contributed by atoms with Gasteiger partial charge in [-0.1, -0.05) is 50.1 Å². The fourth-order valence-corrected chi connectivity index (χ4v) is 4.69. The highest BCUT2D eigenvalue weighted by atomic mass is 16.5. The van der Waals surface area contributed by atoms with Crippen molar-refractivity contribution < 1.29 is 19.1 Å². The van der Waals surface area contributed by atoms with Crippen LogP contribution < -0.4 is 14.8 Å². The van der Waals surface area contributed by atoms with Crippen LogP contribution in [0.15, 0.2) is 42.5 Å². The van der Waals surface area contributed by atoms with E-state index in [1.165, 1.54) is 0 Å². The van der Waals surface area contributed by atoms with Gasteiger partial charge in [-0.2, -0.15) is 0 Å². The topological polar surface area (TPSA) is 67.9 Å². The van der Waals surface area contributed by atoms with Crippen LogP contribution in [-0.4, -0.2) is 43.0 Å². The van der Waals surface area contributed by atoms with Gasteiger partial charge in [0.05, 0.1) is 14.2 Å². The summed E-state index contributed by atoms with van der Waals surface area (Å²) >= 11 is 0. The Labute approximate surface area is 203 Å². The molecular weight excluding hydrogens is 428 g/mol. The van der Waals surface area contributed by atoms with Gasteiger partial charge in [0.1, 0.15) is 6.04 Å². The number of benzene rings is 2. The van der Waals surface area contributed by atoms with Gasteiger partial charge in [0.2, 0.25) is 11.8 Å². The number of ether oxygens (including phenoxy) is 2. The molecule has 1 saturated carbocycles. The number of amides is 2. The molecule has 0 saturated heterocycles. The Balaban J connectivity index is 1.78. The summed E-state index contributed by atoms with van der Waals surface area (Å²) in [7, 11) is 3.21. The molecule has 1 aliphatic rings. The Morgan fingerprint density at radius 2 is 1.76 bits per heavy atom. The Bertz CT molecular complexity index is 969. The number of aryl methyl sites for hydroxylation is 2. The van der Waals surface area contributed by atoms with Crippen molar-refractivity contribution in [2.75, 3.05) is 14.2 Å². The van der Waals surface area contributed by atoms with Crippen molar-refractivity contribution in [1.29, 1.82) is 0 Å². The van der Waals surface area contributed by atoms with Crippen LogP contribution in [0.1, 0.15) is 62.1 Å². The third-order valence-electron chi connectivity index (χ3n) is 6.76. The number of methoxy groups -OCH3 is 2. The van der Waals surface area contributed by atoms with Crippen molar-refractivity contribution >= 4 is 11.8 Å². The van der Waals surface area contributed by atoms with Crippen LogP contribution in [0.2, 0.25) is 0 Å². The lowest BCUT2D eigenvalue weighted by Gasteiger charge is -2.32. The molecule has 1 aliphatic carbocycles. The normalized spacial score (nSPS) is 14.5. The molecule has 2 aromatic carbocycles. The number of hydrogen-bond donors (Lipinski definition) is 1. The van der Waals surface area contributed by atoms with Gasteiger partial charge < -0.3 is 19.7 Å². The third kappa shape index (κ3) is 6.52. The lowest BCUT2D eigenvalue weighted by atomic mass is 10.0.